The van der Waals surface area contributed by atoms with E-state index in [0.717, 1.165) is 60.4 Å². The summed E-state index contributed by atoms with van der Waals surface area (Å²) < 4.78 is 9.68. The lowest BCUT2D eigenvalue weighted by Crippen LogP contribution is -2.43. The Morgan fingerprint density at radius 2 is 1.69 bits per heavy atom. The van der Waals surface area contributed by atoms with Crippen LogP contribution in [0.3, 0.4) is 0 Å². The van der Waals surface area contributed by atoms with Crippen LogP contribution in [-0.4, -0.2) is 57.0 Å². The molecule has 9 nitrogen and oxygen atoms in total. The van der Waals surface area contributed by atoms with Crippen molar-refractivity contribution in [3.05, 3.63) is 53.4 Å². The summed E-state index contributed by atoms with van der Waals surface area (Å²) in [6.07, 6.45) is 10.7. The smallest absolute Gasteiger partial charge is 0.259 e. The largest absolute Gasteiger partial charge is 0.492 e. The summed E-state index contributed by atoms with van der Waals surface area (Å²) >= 11 is 0. The van der Waals surface area contributed by atoms with E-state index in [9.17, 15) is 4.79 Å². The van der Waals surface area contributed by atoms with E-state index in [4.69, 9.17) is 9.72 Å². The molecule has 1 aliphatic carbocycles. The van der Waals surface area contributed by atoms with Crippen LogP contribution in [0.25, 0.3) is 11.2 Å². The average molecular weight is 488 g/mol. The summed E-state index contributed by atoms with van der Waals surface area (Å²) in [5.74, 6) is 1.46. The SMILES string of the molecule is COc1c(NC(=O)c2ccc(N3CCC(NC4CC4)CC3)n3cc(C)nc23)cn2cc(C)nc(C)c12. The van der Waals surface area contributed by atoms with Crippen LogP contribution in [0.2, 0.25) is 0 Å². The molecule has 0 atom stereocenters. The average Bonchev–Trinajstić information content (AvgIpc) is 3.46. The zero-order valence-corrected chi connectivity index (χ0v) is 21.3. The number of ether oxygens (including phenoxy) is 1. The van der Waals surface area contributed by atoms with Gasteiger partial charge in [-0.2, -0.15) is 0 Å². The molecule has 9 heteroatoms. The summed E-state index contributed by atoms with van der Waals surface area (Å²) in [7, 11) is 1.61. The molecule has 2 aliphatic rings. The van der Waals surface area contributed by atoms with Gasteiger partial charge < -0.3 is 24.7 Å². The van der Waals surface area contributed by atoms with Gasteiger partial charge in [0.05, 0.1) is 29.8 Å². The maximum absolute atomic E-state index is 13.5. The summed E-state index contributed by atoms with van der Waals surface area (Å²) in [6.45, 7) is 7.83. The number of piperidine rings is 1. The number of hydrogen-bond acceptors (Lipinski definition) is 6. The number of anilines is 2. The van der Waals surface area contributed by atoms with E-state index in [1.54, 1.807) is 7.11 Å². The van der Waals surface area contributed by atoms with Crippen molar-refractivity contribution in [2.45, 2.75) is 58.5 Å². The maximum atomic E-state index is 13.5. The third-order valence-corrected chi connectivity index (χ3v) is 7.28. The second-order valence-electron chi connectivity index (χ2n) is 10.1. The highest BCUT2D eigenvalue weighted by atomic mass is 16.5. The van der Waals surface area contributed by atoms with Gasteiger partial charge in [0.1, 0.15) is 17.0 Å². The van der Waals surface area contributed by atoms with Crippen LogP contribution in [0, 0.1) is 20.8 Å². The van der Waals surface area contributed by atoms with Crippen molar-refractivity contribution >= 4 is 28.6 Å². The van der Waals surface area contributed by atoms with Gasteiger partial charge in [0.25, 0.3) is 5.91 Å². The summed E-state index contributed by atoms with van der Waals surface area (Å²) in [5.41, 5.74) is 5.26. The lowest BCUT2D eigenvalue weighted by Gasteiger charge is -2.34. The molecule has 4 aromatic rings. The molecule has 5 heterocycles. The standard InChI is InChI=1S/C27H33N7O2/c1-16-13-33-15-22(25(36-4)24(33)18(3)28-16)31-27(35)21-7-8-23(34-14-17(2)29-26(21)34)32-11-9-20(10-12-32)30-19-5-6-19/h7-8,13-15,19-20,30H,5-6,9-12H2,1-4H3,(H,31,35). The number of amides is 1. The van der Waals surface area contributed by atoms with Crippen molar-refractivity contribution in [3.63, 3.8) is 0 Å². The minimum Gasteiger partial charge on any atom is -0.492 e. The van der Waals surface area contributed by atoms with Crippen molar-refractivity contribution in [1.82, 2.24) is 24.1 Å². The number of aryl methyl sites for hydroxylation is 3. The fraction of sp³-hybridized carbons (Fsp3) is 0.444. The minimum absolute atomic E-state index is 0.221. The number of carbonyl (C=O) groups is 1. The highest BCUT2D eigenvalue weighted by Crippen LogP contribution is 2.34. The van der Waals surface area contributed by atoms with Crippen molar-refractivity contribution in [1.29, 1.82) is 0 Å². The highest BCUT2D eigenvalue weighted by molar-refractivity contribution is 6.09. The predicted molar refractivity (Wildman–Crippen MR) is 140 cm³/mol. The van der Waals surface area contributed by atoms with Crippen LogP contribution in [0.5, 0.6) is 5.75 Å². The van der Waals surface area contributed by atoms with Gasteiger partial charge >= 0.3 is 0 Å². The molecule has 2 fully saturated rings. The number of methoxy groups -OCH3 is 1. The van der Waals surface area contributed by atoms with Crippen molar-refractivity contribution in [2.75, 3.05) is 30.4 Å². The Hall–Kier alpha value is -3.59. The van der Waals surface area contributed by atoms with Crippen molar-refractivity contribution in [3.8, 4) is 5.75 Å². The molecule has 2 N–H and O–H groups in total. The first kappa shape index (κ1) is 22.8. The molecule has 0 radical (unpaired) electrons. The monoisotopic (exact) mass is 487 g/mol. The van der Waals surface area contributed by atoms with Crippen LogP contribution in [-0.2, 0) is 0 Å². The zero-order chi connectivity index (χ0) is 25.0. The van der Waals surface area contributed by atoms with Gasteiger partial charge in [-0.3, -0.25) is 14.2 Å². The van der Waals surface area contributed by atoms with Gasteiger partial charge in [-0.1, -0.05) is 0 Å². The molecule has 0 unspecified atom stereocenters. The first-order valence-corrected chi connectivity index (χ1v) is 12.7. The number of pyridine rings is 1. The fourth-order valence-electron chi connectivity index (χ4n) is 5.46. The third kappa shape index (κ3) is 4.07. The molecule has 0 bridgehead atoms. The second kappa shape index (κ2) is 8.81. The van der Waals surface area contributed by atoms with Crippen LogP contribution in [0.1, 0.15) is 53.1 Å². The van der Waals surface area contributed by atoms with Gasteiger partial charge in [-0.15, -0.1) is 0 Å². The Morgan fingerprint density at radius 1 is 0.972 bits per heavy atom. The van der Waals surface area contributed by atoms with E-state index in [2.05, 4.69) is 24.9 Å². The fourth-order valence-corrected chi connectivity index (χ4v) is 5.46. The first-order valence-electron chi connectivity index (χ1n) is 12.7. The first-order chi connectivity index (χ1) is 17.4. The Labute approximate surface area is 210 Å². The molecule has 6 rings (SSSR count). The Bertz CT molecular complexity index is 1460. The summed E-state index contributed by atoms with van der Waals surface area (Å²) in [5, 5.41) is 6.82. The number of carbonyl (C=O) groups excluding carboxylic acids is 1. The van der Waals surface area contributed by atoms with Gasteiger partial charge in [0.15, 0.2) is 11.4 Å². The predicted octanol–water partition coefficient (Wildman–Crippen LogP) is 3.89. The van der Waals surface area contributed by atoms with Gasteiger partial charge in [-0.25, -0.2) is 4.98 Å². The topological polar surface area (TPSA) is 88.2 Å². The normalized spacial score (nSPS) is 16.7. The lowest BCUT2D eigenvalue weighted by molar-refractivity contribution is 0.102. The van der Waals surface area contributed by atoms with Gasteiger partial charge in [0, 0.05) is 43.8 Å². The van der Waals surface area contributed by atoms with E-state index >= 15 is 0 Å². The number of rotatable bonds is 6. The number of aromatic nitrogens is 4. The third-order valence-electron chi connectivity index (χ3n) is 7.28. The van der Waals surface area contributed by atoms with E-state index in [1.807, 2.05) is 55.9 Å². The number of nitrogens with one attached hydrogen (secondary N) is 2. The molecule has 36 heavy (non-hydrogen) atoms. The molecular weight excluding hydrogens is 454 g/mol. The summed E-state index contributed by atoms with van der Waals surface area (Å²) in [4.78, 5) is 25.2. The number of imidazole rings is 1. The van der Waals surface area contributed by atoms with Crippen molar-refractivity contribution in [2.24, 2.45) is 0 Å². The van der Waals surface area contributed by atoms with Crippen LogP contribution in [0.4, 0.5) is 11.5 Å². The molecule has 0 spiro atoms. The minimum atomic E-state index is -0.221. The zero-order valence-electron chi connectivity index (χ0n) is 21.3. The Morgan fingerprint density at radius 3 is 2.42 bits per heavy atom. The van der Waals surface area contributed by atoms with Crippen LogP contribution < -0.4 is 20.3 Å². The molecule has 4 aromatic heterocycles. The number of fused-ring (bicyclic) bond motifs is 2. The molecule has 1 saturated carbocycles. The number of nitrogens with zero attached hydrogens (tertiary/aromatic N) is 5. The maximum Gasteiger partial charge on any atom is 0.259 e. The molecule has 1 saturated heterocycles. The molecule has 0 aromatic carbocycles. The Balaban J connectivity index is 1.29. The lowest BCUT2D eigenvalue weighted by atomic mass is 10.0. The van der Waals surface area contributed by atoms with Crippen molar-refractivity contribution < 1.29 is 9.53 Å². The second-order valence-corrected chi connectivity index (χ2v) is 10.1. The van der Waals surface area contributed by atoms with E-state index in [0.29, 0.717) is 28.7 Å². The van der Waals surface area contributed by atoms with E-state index < -0.39 is 0 Å². The van der Waals surface area contributed by atoms with Crippen LogP contribution >= 0.6 is 0 Å². The molecule has 1 amide bonds. The van der Waals surface area contributed by atoms with E-state index in [-0.39, 0.29) is 5.91 Å². The Kier molecular flexibility index (Phi) is 5.59. The summed E-state index contributed by atoms with van der Waals surface area (Å²) in [6, 6.07) is 5.28. The van der Waals surface area contributed by atoms with Crippen LogP contribution in [0.15, 0.2) is 30.7 Å². The number of hydrogen-bond donors (Lipinski definition) is 2. The van der Waals surface area contributed by atoms with E-state index in [1.165, 1.54) is 12.8 Å². The molecule has 1 aliphatic heterocycles. The highest BCUT2D eigenvalue weighted by Gasteiger charge is 2.28. The van der Waals surface area contributed by atoms with Gasteiger partial charge in [0.2, 0.25) is 0 Å². The molecular formula is C27H33N7O2. The molecule has 188 valence electrons. The van der Waals surface area contributed by atoms with Gasteiger partial charge in [-0.05, 0) is 58.6 Å². The quantitative estimate of drug-likeness (QED) is 0.429.